The van der Waals surface area contributed by atoms with Crippen LogP contribution in [0.2, 0.25) is 0 Å². The summed E-state index contributed by atoms with van der Waals surface area (Å²) in [6.45, 7) is 9.48. The molecule has 0 bridgehead atoms. The molecule has 1 fully saturated rings. The van der Waals surface area contributed by atoms with Crippen LogP contribution in [0.5, 0.6) is 0 Å². The lowest BCUT2D eigenvalue weighted by Crippen LogP contribution is -2.47. The van der Waals surface area contributed by atoms with Crippen molar-refractivity contribution in [2.24, 2.45) is 7.05 Å². The summed E-state index contributed by atoms with van der Waals surface area (Å²) in [4.78, 5) is 34.5. The van der Waals surface area contributed by atoms with Crippen LogP contribution < -0.4 is 10.9 Å². The molecule has 0 unspecified atom stereocenters. The molecule has 0 radical (unpaired) electrons. The molecule has 1 saturated heterocycles. The molecule has 0 spiro atoms. The van der Waals surface area contributed by atoms with Gasteiger partial charge < -0.3 is 15.2 Å². The summed E-state index contributed by atoms with van der Waals surface area (Å²) in [5.41, 5.74) is 2.61. The molecule has 252 valence electrons. The quantitative estimate of drug-likeness (QED) is 0.207. The molecule has 4 heterocycles. The highest BCUT2D eigenvalue weighted by atomic mass is 32.1. The van der Waals surface area contributed by atoms with Gasteiger partial charge in [0.1, 0.15) is 16.9 Å². The van der Waals surface area contributed by atoms with Crippen LogP contribution in [0.25, 0.3) is 32.7 Å². The van der Waals surface area contributed by atoms with Crippen molar-refractivity contribution in [2.45, 2.75) is 71.4 Å². The van der Waals surface area contributed by atoms with Crippen LogP contribution in [0.4, 0.5) is 9.18 Å². The first-order chi connectivity index (χ1) is 22.8. The van der Waals surface area contributed by atoms with Crippen LogP contribution in [0, 0.1) is 12.7 Å². The molecular formula is C36H41FN6O4S. The lowest BCUT2D eigenvalue weighted by Gasteiger charge is -2.38. The van der Waals surface area contributed by atoms with Gasteiger partial charge in [-0.25, -0.2) is 14.2 Å². The van der Waals surface area contributed by atoms with E-state index in [9.17, 15) is 14.7 Å². The Morgan fingerprint density at radius 3 is 2.42 bits per heavy atom. The molecule has 2 N–H and O–H groups in total. The van der Waals surface area contributed by atoms with Crippen LogP contribution in [-0.4, -0.2) is 59.7 Å². The molecule has 1 aliphatic rings. The van der Waals surface area contributed by atoms with Gasteiger partial charge in [-0.3, -0.25) is 18.9 Å². The predicted octanol–water partition coefficient (Wildman–Crippen LogP) is 6.02. The van der Waals surface area contributed by atoms with Gasteiger partial charge in [0.2, 0.25) is 0 Å². The number of rotatable bonds is 8. The molecule has 1 amide bonds. The number of piperidine rings is 1. The third-order valence-corrected chi connectivity index (χ3v) is 9.65. The molecule has 10 nitrogen and oxygen atoms in total. The number of halogens is 1. The fraction of sp³-hybridized carbons (Fsp3) is 0.389. The lowest BCUT2D eigenvalue weighted by molar-refractivity contribution is -0.0366. The minimum atomic E-state index is -1.10. The maximum absolute atomic E-state index is 15.0. The number of benzene rings is 2. The van der Waals surface area contributed by atoms with Crippen LogP contribution >= 0.6 is 11.3 Å². The molecule has 48 heavy (non-hydrogen) atoms. The highest BCUT2D eigenvalue weighted by Gasteiger charge is 2.34. The van der Waals surface area contributed by atoms with E-state index in [-0.39, 0.29) is 23.4 Å². The van der Waals surface area contributed by atoms with Crippen molar-refractivity contribution in [3.63, 3.8) is 0 Å². The molecule has 0 atom stereocenters. The number of thiophene rings is 1. The molecule has 0 aliphatic carbocycles. The summed E-state index contributed by atoms with van der Waals surface area (Å²) in [5, 5.41) is 18.7. The predicted molar refractivity (Wildman–Crippen MR) is 185 cm³/mol. The van der Waals surface area contributed by atoms with Gasteiger partial charge in [-0.2, -0.15) is 5.10 Å². The lowest BCUT2D eigenvalue weighted by atomic mass is 9.91. The van der Waals surface area contributed by atoms with E-state index in [1.807, 2.05) is 76.2 Å². The van der Waals surface area contributed by atoms with Crippen molar-refractivity contribution >= 4 is 28.5 Å². The van der Waals surface area contributed by atoms with Crippen LogP contribution in [0.15, 0.2) is 65.7 Å². The van der Waals surface area contributed by atoms with E-state index >= 15 is 4.39 Å². The van der Waals surface area contributed by atoms with E-state index < -0.39 is 17.3 Å². The molecule has 2 aromatic carbocycles. The number of amides is 1. The number of nitrogens with zero attached hydrogens (tertiary/aromatic N) is 5. The molecule has 12 heteroatoms. The van der Waals surface area contributed by atoms with E-state index in [0.717, 1.165) is 21.6 Å². The Balaban J connectivity index is 1.09. The van der Waals surface area contributed by atoms with E-state index in [4.69, 9.17) is 4.74 Å². The molecular weight excluding hydrogens is 631 g/mol. The van der Waals surface area contributed by atoms with Crippen LogP contribution in [0.3, 0.4) is 0 Å². The summed E-state index contributed by atoms with van der Waals surface area (Å²) < 4.78 is 23.4. The number of aryl methyl sites for hydroxylation is 2. The van der Waals surface area contributed by atoms with Crippen molar-refractivity contribution in [1.29, 1.82) is 0 Å². The van der Waals surface area contributed by atoms with Crippen molar-refractivity contribution in [3.8, 4) is 21.7 Å². The standard InChI is InChI=1S/C36H41FN6O4S/c1-23-6-13-29(48-23)26-11-12-27(28(37)18-26)20-42-16-14-36(46,15-17-42)21-43-22-39-30-31(33(43)44)40-41(5)32(30)25-9-7-24(8-10-25)19-38-34(45)47-35(2,3)4/h6-13,18,22,46H,14-17,19-21H2,1-5H3,(H,38,45). The monoisotopic (exact) mass is 672 g/mol. The second-order valence-electron chi connectivity index (χ2n) is 13.6. The Morgan fingerprint density at radius 1 is 1.06 bits per heavy atom. The number of nitrogens with one attached hydrogen (secondary N) is 1. The fourth-order valence-electron chi connectivity index (χ4n) is 6.06. The minimum absolute atomic E-state index is 0.0944. The van der Waals surface area contributed by atoms with Crippen molar-refractivity contribution in [3.05, 3.63) is 93.1 Å². The van der Waals surface area contributed by atoms with Gasteiger partial charge in [-0.15, -0.1) is 11.3 Å². The zero-order valence-corrected chi connectivity index (χ0v) is 28.7. The van der Waals surface area contributed by atoms with Gasteiger partial charge in [-0.05, 0) is 69.9 Å². The Kier molecular flexibility index (Phi) is 9.25. The first-order valence-corrected chi connectivity index (χ1v) is 16.9. The van der Waals surface area contributed by atoms with Crippen molar-refractivity contribution in [1.82, 2.24) is 29.5 Å². The number of alkyl carbamates (subject to hydrolysis) is 1. The molecule has 6 rings (SSSR count). The molecule has 5 aromatic rings. The first-order valence-electron chi connectivity index (χ1n) is 16.1. The van der Waals surface area contributed by atoms with Crippen molar-refractivity contribution < 1.29 is 19.0 Å². The van der Waals surface area contributed by atoms with Gasteiger partial charge >= 0.3 is 6.09 Å². The molecule has 3 aromatic heterocycles. The SMILES string of the molecule is Cc1ccc(-c2ccc(CN3CCC(O)(Cn4cnc5c(-c6ccc(CNC(=O)OC(C)(C)C)cc6)n(C)nc5c4=O)CC3)c(F)c2)s1. The van der Waals surface area contributed by atoms with Gasteiger partial charge in [-0.1, -0.05) is 36.4 Å². The summed E-state index contributed by atoms with van der Waals surface area (Å²) >= 11 is 1.64. The smallest absolute Gasteiger partial charge is 0.407 e. The van der Waals surface area contributed by atoms with Crippen molar-refractivity contribution in [2.75, 3.05) is 13.1 Å². The van der Waals surface area contributed by atoms with Gasteiger partial charge in [0.25, 0.3) is 5.56 Å². The Labute approximate surface area is 282 Å². The molecule has 0 saturated carbocycles. The summed E-state index contributed by atoms with van der Waals surface area (Å²) in [6, 6.07) is 17.0. The zero-order chi connectivity index (χ0) is 34.2. The first kappa shape index (κ1) is 33.5. The Hall–Kier alpha value is -4.39. The Bertz CT molecular complexity index is 2000. The normalized spacial score (nSPS) is 15.1. The number of ether oxygens (including phenoxy) is 1. The third-order valence-electron chi connectivity index (χ3n) is 8.60. The van der Waals surface area contributed by atoms with Gasteiger partial charge in [0, 0.05) is 54.1 Å². The summed E-state index contributed by atoms with van der Waals surface area (Å²) in [5.74, 6) is -0.230. The number of fused-ring (bicyclic) bond motifs is 1. The van der Waals surface area contributed by atoms with E-state index in [1.165, 1.54) is 15.8 Å². The highest BCUT2D eigenvalue weighted by molar-refractivity contribution is 7.15. The largest absolute Gasteiger partial charge is 0.444 e. The minimum Gasteiger partial charge on any atom is -0.444 e. The number of carbonyl (C=O) groups excluding carboxylic acids is 1. The summed E-state index contributed by atoms with van der Waals surface area (Å²) in [6.07, 6.45) is 1.87. The highest BCUT2D eigenvalue weighted by Crippen LogP contribution is 2.31. The van der Waals surface area contributed by atoms with Crippen LogP contribution in [-0.2, 0) is 31.4 Å². The maximum Gasteiger partial charge on any atom is 0.407 e. The Morgan fingerprint density at radius 2 is 1.77 bits per heavy atom. The number of carbonyl (C=O) groups is 1. The van der Waals surface area contributed by atoms with E-state index in [1.54, 1.807) is 29.1 Å². The van der Waals surface area contributed by atoms with Gasteiger partial charge in [0.15, 0.2) is 5.52 Å². The maximum atomic E-state index is 15.0. The number of hydrogen-bond acceptors (Lipinski definition) is 8. The van der Waals surface area contributed by atoms with E-state index in [2.05, 4.69) is 20.3 Å². The van der Waals surface area contributed by atoms with E-state index in [0.29, 0.717) is 55.8 Å². The third kappa shape index (κ3) is 7.51. The number of aliphatic hydroxyl groups is 1. The average molecular weight is 673 g/mol. The zero-order valence-electron chi connectivity index (χ0n) is 27.9. The topological polar surface area (TPSA) is 115 Å². The molecule has 1 aliphatic heterocycles. The number of aromatic nitrogens is 4. The second kappa shape index (κ2) is 13.3. The van der Waals surface area contributed by atoms with Gasteiger partial charge in [0.05, 0.1) is 24.2 Å². The van der Waals surface area contributed by atoms with Crippen LogP contribution in [0.1, 0.15) is 49.6 Å². The second-order valence-corrected chi connectivity index (χ2v) is 14.9. The number of likely N-dealkylation sites (tertiary alicyclic amines) is 1. The average Bonchev–Trinajstić information content (AvgIpc) is 3.62. The summed E-state index contributed by atoms with van der Waals surface area (Å²) in [7, 11) is 1.77. The number of hydrogen-bond donors (Lipinski definition) is 2. The fourth-order valence-corrected chi connectivity index (χ4v) is 6.93.